The van der Waals surface area contributed by atoms with Crippen molar-refractivity contribution in [3.8, 4) is 0 Å². The van der Waals surface area contributed by atoms with E-state index in [9.17, 15) is 14.4 Å². The highest BCUT2D eigenvalue weighted by Crippen LogP contribution is 2.48. The molecule has 0 aliphatic heterocycles. The molecular weight excluding hydrogens is 662 g/mol. The van der Waals surface area contributed by atoms with Crippen LogP contribution in [0.5, 0.6) is 0 Å². The van der Waals surface area contributed by atoms with Crippen LogP contribution in [-0.4, -0.2) is 33.5 Å². The Morgan fingerprint density at radius 1 is 1.38 bits per heavy atom. The Kier molecular flexibility index (Phi) is 7.85. The second kappa shape index (κ2) is 8.22. The molecule has 2 atom stereocenters. The molecule has 0 saturated carbocycles. The molecule has 0 saturated heterocycles. The van der Waals surface area contributed by atoms with E-state index in [1.165, 1.54) is 13.2 Å². The molecule has 1 amide bonds. The lowest BCUT2D eigenvalue weighted by molar-refractivity contribution is -0.124. The number of nitrogens with one attached hydrogen (secondary N) is 1. The molecule has 5 nitrogen and oxygen atoms in total. The van der Waals surface area contributed by atoms with Gasteiger partial charge in [0.15, 0.2) is 0 Å². The zero-order valence-corrected chi connectivity index (χ0v) is 18.4. The van der Waals surface area contributed by atoms with Gasteiger partial charge in [-0.05, 0) is 74.5 Å². The second-order valence-electron chi connectivity index (χ2n) is 3.98. The Morgan fingerprint density at radius 3 is 2.38 bits per heavy atom. The molecule has 0 heterocycles. The SMILES string of the molecule is COCC(=O)NC1=C(I)C(C(=O)Cl)C(I)(C(=O)Cl)C=C1I. The monoisotopic (exact) mass is 669 g/mol. The van der Waals surface area contributed by atoms with Gasteiger partial charge < -0.3 is 10.1 Å². The van der Waals surface area contributed by atoms with Gasteiger partial charge in [0.05, 0.1) is 11.6 Å². The smallest absolute Gasteiger partial charge is 0.250 e. The lowest BCUT2D eigenvalue weighted by Crippen LogP contribution is -2.43. The van der Waals surface area contributed by atoms with E-state index in [-0.39, 0.29) is 12.5 Å². The van der Waals surface area contributed by atoms with E-state index in [0.717, 1.165) is 0 Å². The Bertz CT molecular complexity index is 564. The average molecular weight is 670 g/mol. The van der Waals surface area contributed by atoms with Gasteiger partial charge >= 0.3 is 0 Å². The van der Waals surface area contributed by atoms with Gasteiger partial charge in [-0.2, -0.15) is 0 Å². The quantitative estimate of drug-likeness (QED) is 0.278. The number of carbonyl (C=O) groups excluding carboxylic acids is 3. The number of hydrogen-bond acceptors (Lipinski definition) is 4. The van der Waals surface area contributed by atoms with Gasteiger partial charge in [-0.15, -0.1) is 0 Å². The minimum atomic E-state index is -1.28. The van der Waals surface area contributed by atoms with E-state index in [1.807, 2.05) is 45.2 Å². The summed E-state index contributed by atoms with van der Waals surface area (Å²) in [5, 5.41) is 1.22. The third-order valence-electron chi connectivity index (χ3n) is 2.56. The lowest BCUT2D eigenvalue weighted by Gasteiger charge is -2.33. The Balaban J connectivity index is 3.30. The molecule has 0 aromatic rings. The van der Waals surface area contributed by atoms with Gasteiger partial charge in [-0.3, -0.25) is 14.4 Å². The molecule has 1 N–H and O–H groups in total. The van der Waals surface area contributed by atoms with Crippen molar-refractivity contribution >= 4 is 107 Å². The van der Waals surface area contributed by atoms with Crippen molar-refractivity contribution in [1.29, 1.82) is 0 Å². The van der Waals surface area contributed by atoms with Crippen molar-refractivity contribution < 1.29 is 19.1 Å². The highest BCUT2D eigenvalue weighted by molar-refractivity contribution is 14.1. The van der Waals surface area contributed by atoms with E-state index in [0.29, 0.717) is 12.9 Å². The Morgan fingerprint density at radius 2 is 1.95 bits per heavy atom. The molecule has 1 aliphatic carbocycles. The van der Waals surface area contributed by atoms with Crippen molar-refractivity contribution in [3.63, 3.8) is 0 Å². The van der Waals surface area contributed by atoms with Gasteiger partial charge in [-0.1, -0.05) is 22.6 Å². The van der Waals surface area contributed by atoms with E-state index >= 15 is 0 Å². The maximum atomic E-state index is 11.7. The first-order chi connectivity index (χ1) is 9.65. The van der Waals surface area contributed by atoms with Gasteiger partial charge in [-0.25, -0.2) is 0 Å². The Hall–Kier alpha value is 1.02. The lowest BCUT2D eigenvalue weighted by atomic mass is 9.89. The van der Waals surface area contributed by atoms with Gasteiger partial charge in [0, 0.05) is 14.3 Å². The van der Waals surface area contributed by atoms with Gasteiger partial charge in [0.25, 0.3) is 0 Å². The third kappa shape index (κ3) is 4.52. The predicted octanol–water partition coefficient (Wildman–Crippen LogP) is 3.05. The van der Waals surface area contributed by atoms with E-state index in [1.54, 1.807) is 22.6 Å². The van der Waals surface area contributed by atoms with Crippen molar-refractivity contribution in [3.05, 3.63) is 18.9 Å². The van der Waals surface area contributed by atoms with Crippen molar-refractivity contribution in [1.82, 2.24) is 5.32 Å². The maximum Gasteiger partial charge on any atom is 0.250 e. The minimum Gasteiger partial charge on any atom is -0.375 e. The number of ether oxygens (including phenoxy) is 1. The largest absolute Gasteiger partial charge is 0.375 e. The number of hydrogen-bond donors (Lipinski definition) is 1. The second-order valence-corrected chi connectivity index (χ2v) is 8.80. The predicted molar refractivity (Wildman–Crippen MR) is 105 cm³/mol. The number of amides is 1. The van der Waals surface area contributed by atoms with Crippen LogP contribution < -0.4 is 5.32 Å². The van der Waals surface area contributed by atoms with Crippen LogP contribution in [0.25, 0.3) is 0 Å². The number of methoxy groups -OCH3 is 1. The maximum absolute atomic E-state index is 11.7. The number of carbonyl (C=O) groups is 3. The molecule has 0 spiro atoms. The molecule has 2 unspecified atom stereocenters. The van der Waals surface area contributed by atoms with Gasteiger partial charge in [0.2, 0.25) is 16.4 Å². The van der Waals surface area contributed by atoms with Crippen LogP contribution in [-0.2, 0) is 19.1 Å². The fraction of sp³-hybridized carbons (Fsp3) is 0.364. The molecule has 21 heavy (non-hydrogen) atoms. The van der Waals surface area contributed by atoms with Gasteiger partial charge in [0.1, 0.15) is 10.0 Å². The Labute approximate surface area is 172 Å². The topological polar surface area (TPSA) is 72.5 Å². The van der Waals surface area contributed by atoms with Crippen molar-refractivity contribution in [2.24, 2.45) is 5.92 Å². The van der Waals surface area contributed by atoms with Crippen LogP contribution >= 0.6 is 91.0 Å². The first kappa shape index (κ1) is 20.1. The zero-order valence-electron chi connectivity index (χ0n) is 10.4. The highest BCUT2D eigenvalue weighted by Gasteiger charge is 2.49. The van der Waals surface area contributed by atoms with Crippen LogP contribution in [0.3, 0.4) is 0 Å². The molecule has 116 valence electrons. The van der Waals surface area contributed by atoms with Crippen molar-refractivity contribution in [2.45, 2.75) is 3.42 Å². The van der Waals surface area contributed by atoms with Crippen LogP contribution in [0.15, 0.2) is 18.9 Å². The van der Waals surface area contributed by atoms with Crippen molar-refractivity contribution in [2.75, 3.05) is 13.7 Å². The summed E-state index contributed by atoms with van der Waals surface area (Å²) in [5.41, 5.74) is 0.433. The summed E-state index contributed by atoms with van der Waals surface area (Å²) in [6.45, 7) is -0.124. The standard InChI is InChI=1S/C11H8Cl2I3NO4/c1-21-3-5(18)17-8-4(14)2-11(16,10(13)20)6(7(8)15)9(12)19/h2,6H,3H2,1H3,(H,17,18). The average Bonchev–Trinajstić information content (AvgIpc) is 2.33. The van der Waals surface area contributed by atoms with E-state index < -0.39 is 19.8 Å². The normalized spacial score (nSPS) is 25.4. The number of allylic oxidation sites excluding steroid dienone is 3. The fourth-order valence-electron chi connectivity index (χ4n) is 1.64. The summed E-state index contributed by atoms with van der Waals surface area (Å²) in [6.07, 6.45) is 1.53. The summed E-state index contributed by atoms with van der Waals surface area (Å²) in [5.74, 6) is -1.33. The molecular formula is C11H8Cl2I3NO4. The highest BCUT2D eigenvalue weighted by atomic mass is 127. The zero-order chi connectivity index (χ0) is 16.4. The molecule has 10 heteroatoms. The fourth-order valence-corrected chi connectivity index (χ4v) is 7.19. The summed E-state index contributed by atoms with van der Waals surface area (Å²) < 4.78 is 4.51. The van der Waals surface area contributed by atoms with E-state index in [2.05, 4.69) is 5.32 Å². The van der Waals surface area contributed by atoms with E-state index in [4.69, 9.17) is 27.9 Å². The summed E-state index contributed by atoms with van der Waals surface area (Å²) in [4.78, 5) is 35.1. The first-order valence-electron chi connectivity index (χ1n) is 5.30. The number of halogens is 5. The molecule has 1 rings (SSSR count). The molecule has 0 bridgehead atoms. The van der Waals surface area contributed by atoms with Crippen LogP contribution in [0.1, 0.15) is 0 Å². The molecule has 0 aromatic carbocycles. The summed E-state index contributed by atoms with van der Waals surface area (Å²) in [6, 6.07) is 0. The number of alkyl halides is 1. The first-order valence-corrected chi connectivity index (χ1v) is 9.29. The van der Waals surface area contributed by atoms with Crippen LogP contribution in [0.2, 0.25) is 0 Å². The summed E-state index contributed by atoms with van der Waals surface area (Å²) in [7, 11) is 1.40. The van der Waals surface area contributed by atoms with Crippen LogP contribution in [0, 0.1) is 5.92 Å². The number of rotatable bonds is 5. The third-order valence-corrected chi connectivity index (χ3v) is 6.84. The molecule has 1 aliphatic rings. The van der Waals surface area contributed by atoms with Crippen LogP contribution in [0.4, 0.5) is 0 Å². The minimum absolute atomic E-state index is 0.124. The molecule has 0 fully saturated rings. The molecule has 0 radical (unpaired) electrons. The molecule has 0 aromatic heterocycles. The summed E-state index contributed by atoms with van der Waals surface area (Å²) >= 11 is 16.9.